The van der Waals surface area contributed by atoms with Crippen molar-refractivity contribution in [3.05, 3.63) is 60.2 Å². The minimum absolute atomic E-state index is 0.175. The number of aliphatic hydroxyl groups excluding tert-OH is 1. The topological polar surface area (TPSA) is 90.4 Å². The highest BCUT2D eigenvalue weighted by Gasteiger charge is 2.75. The maximum Gasteiger partial charge on any atom is 0.249 e. The van der Waals surface area contributed by atoms with Crippen LogP contribution < -0.4 is 0 Å². The van der Waals surface area contributed by atoms with E-state index in [1.165, 1.54) is 4.90 Å². The summed E-state index contributed by atoms with van der Waals surface area (Å²) in [7, 11) is 1.72. The summed E-state index contributed by atoms with van der Waals surface area (Å²) in [5, 5.41) is 10.5. The number of nitrogens with zero attached hydrogens (tertiary/aromatic N) is 3. The van der Waals surface area contributed by atoms with Gasteiger partial charge in [0.15, 0.2) is 0 Å². The van der Waals surface area contributed by atoms with E-state index in [1.54, 1.807) is 16.8 Å². The van der Waals surface area contributed by atoms with Gasteiger partial charge < -0.3 is 24.5 Å². The number of hydrogen-bond donors (Lipinski definition) is 1. The van der Waals surface area contributed by atoms with Crippen LogP contribution in [0.25, 0.3) is 0 Å². The molecule has 4 heterocycles. The summed E-state index contributed by atoms with van der Waals surface area (Å²) in [6.45, 7) is 4.97. The molecule has 3 amide bonds. The molecule has 1 aromatic carbocycles. The summed E-state index contributed by atoms with van der Waals surface area (Å²) in [6, 6.07) is 7.53. The smallest absolute Gasteiger partial charge is 0.249 e. The van der Waals surface area contributed by atoms with Gasteiger partial charge in [-0.05, 0) is 18.9 Å². The van der Waals surface area contributed by atoms with E-state index in [0.29, 0.717) is 19.6 Å². The Labute approximate surface area is 212 Å². The van der Waals surface area contributed by atoms with Crippen molar-refractivity contribution in [2.24, 2.45) is 11.8 Å². The van der Waals surface area contributed by atoms with Crippen molar-refractivity contribution in [2.75, 3.05) is 33.3 Å². The number of benzene rings is 1. The number of rotatable bonds is 6. The second-order valence-electron chi connectivity index (χ2n) is 10.5. The van der Waals surface area contributed by atoms with Crippen molar-refractivity contribution in [3.8, 4) is 0 Å². The lowest BCUT2D eigenvalue weighted by Gasteiger charge is -2.40. The van der Waals surface area contributed by atoms with Crippen LogP contribution in [0.3, 0.4) is 0 Å². The number of fused-ring (bicyclic) bond motifs is 2. The predicted molar refractivity (Wildman–Crippen MR) is 134 cm³/mol. The molecule has 8 heteroatoms. The number of aliphatic hydroxyl groups is 1. The number of carbonyl (C=O) groups is 3. The minimum Gasteiger partial charge on any atom is -0.394 e. The summed E-state index contributed by atoms with van der Waals surface area (Å²) in [6.07, 6.45) is 9.29. The van der Waals surface area contributed by atoms with Gasteiger partial charge in [0.05, 0.1) is 30.1 Å². The number of likely N-dealkylation sites (tertiary alicyclic amines) is 1. The first kappa shape index (κ1) is 24.7. The zero-order chi connectivity index (χ0) is 25.7. The van der Waals surface area contributed by atoms with Gasteiger partial charge in [-0.3, -0.25) is 14.4 Å². The average molecular weight is 494 g/mol. The third-order valence-electron chi connectivity index (χ3n) is 8.25. The molecular formula is C28H35N3O5. The van der Waals surface area contributed by atoms with E-state index in [-0.39, 0.29) is 24.3 Å². The molecule has 1 aromatic rings. The van der Waals surface area contributed by atoms with E-state index < -0.39 is 35.1 Å². The Morgan fingerprint density at radius 2 is 1.75 bits per heavy atom. The first-order valence-electron chi connectivity index (χ1n) is 12.9. The summed E-state index contributed by atoms with van der Waals surface area (Å²) in [5.74, 6) is -2.37. The number of ether oxygens (including phenoxy) is 1. The fraction of sp³-hybridized carbons (Fsp3) is 0.536. The fourth-order valence-corrected chi connectivity index (χ4v) is 6.54. The molecule has 1 spiro atoms. The van der Waals surface area contributed by atoms with Gasteiger partial charge in [0.2, 0.25) is 17.7 Å². The lowest BCUT2D eigenvalue weighted by molar-refractivity contribution is -0.155. The minimum atomic E-state index is -1.31. The molecule has 0 aliphatic carbocycles. The Hall–Kier alpha value is -2.97. The molecule has 2 saturated heterocycles. The van der Waals surface area contributed by atoms with Crippen LogP contribution in [0.15, 0.2) is 54.6 Å². The van der Waals surface area contributed by atoms with Crippen molar-refractivity contribution in [3.63, 3.8) is 0 Å². The lowest BCUT2D eigenvalue weighted by atomic mass is 9.74. The Bertz CT molecular complexity index is 1100. The van der Waals surface area contributed by atoms with Crippen LogP contribution in [0.1, 0.15) is 38.3 Å². The number of unbranched alkanes of at least 4 members (excludes halogenated alkanes) is 1. The van der Waals surface area contributed by atoms with E-state index in [1.807, 2.05) is 61.6 Å². The van der Waals surface area contributed by atoms with Gasteiger partial charge in [-0.1, -0.05) is 68.0 Å². The van der Waals surface area contributed by atoms with Crippen molar-refractivity contribution in [1.29, 1.82) is 0 Å². The molecule has 0 radical (unpaired) electrons. The first-order chi connectivity index (χ1) is 17.3. The molecule has 2 fully saturated rings. The van der Waals surface area contributed by atoms with Crippen LogP contribution in [-0.4, -0.2) is 88.1 Å². The van der Waals surface area contributed by atoms with E-state index in [2.05, 4.69) is 6.92 Å². The third kappa shape index (κ3) is 3.53. The predicted octanol–water partition coefficient (Wildman–Crippen LogP) is 1.92. The Morgan fingerprint density at radius 3 is 2.44 bits per heavy atom. The van der Waals surface area contributed by atoms with Crippen molar-refractivity contribution >= 4 is 17.7 Å². The molecule has 0 bridgehead atoms. The average Bonchev–Trinajstić information content (AvgIpc) is 3.15. The summed E-state index contributed by atoms with van der Waals surface area (Å²) in [4.78, 5) is 47.2. The summed E-state index contributed by atoms with van der Waals surface area (Å²) < 4.78 is 6.79. The van der Waals surface area contributed by atoms with Gasteiger partial charge in [-0.2, -0.15) is 0 Å². The SMILES string of the molecule is CCCCN1CC=C[C@]23O[C@@]4(C)C=CCN(C)C(=O)[C@H]4[C@H]2C(=O)N([C@H](CO)c2ccccc2)C3C1=O. The zero-order valence-electron chi connectivity index (χ0n) is 21.2. The second-order valence-corrected chi connectivity index (χ2v) is 10.5. The van der Waals surface area contributed by atoms with Crippen molar-refractivity contribution < 1.29 is 24.2 Å². The van der Waals surface area contributed by atoms with Crippen LogP contribution >= 0.6 is 0 Å². The molecule has 192 valence electrons. The molecule has 8 nitrogen and oxygen atoms in total. The number of amides is 3. The fourth-order valence-electron chi connectivity index (χ4n) is 6.54. The van der Waals surface area contributed by atoms with Gasteiger partial charge in [0, 0.05) is 26.7 Å². The van der Waals surface area contributed by atoms with E-state index >= 15 is 0 Å². The summed E-state index contributed by atoms with van der Waals surface area (Å²) in [5.41, 5.74) is -1.61. The maximum atomic E-state index is 14.4. The van der Waals surface area contributed by atoms with Gasteiger partial charge in [0.25, 0.3) is 0 Å². The van der Waals surface area contributed by atoms with Crippen LogP contribution in [0.4, 0.5) is 0 Å². The molecule has 0 aromatic heterocycles. The quantitative estimate of drug-likeness (QED) is 0.612. The Kier molecular flexibility index (Phi) is 6.29. The normalized spacial score (nSPS) is 34.4. The molecule has 0 saturated carbocycles. The largest absolute Gasteiger partial charge is 0.394 e. The number of hydrogen-bond acceptors (Lipinski definition) is 5. The third-order valence-corrected chi connectivity index (χ3v) is 8.25. The molecular weight excluding hydrogens is 458 g/mol. The van der Waals surface area contributed by atoms with Gasteiger partial charge >= 0.3 is 0 Å². The number of likely N-dealkylation sites (N-methyl/N-ethyl adjacent to an activating group) is 1. The number of carbonyl (C=O) groups excluding carboxylic acids is 3. The van der Waals surface area contributed by atoms with Gasteiger partial charge in [-0.25, -0.2) is 0 Å². The van der Waals surface area contributed by atoms with Crippen LogP contribution in [0.5, 0.6) is 0 Å². The Morgan fingerprint density at radius 1 is 1.03 bits per heavy atom. The molecule has 4 aliphatic heterocycles. The molecule has 4 aliphatic rings. The molecule has 1 unspecified atom stereocenters. The zero-order valence-corrected chi connectivity index (χ0v) is 21.2. The first-order valence-corrected chi connectivity index (χ1v) is 12.9. The molecule has 36 heavy (non-hydrogen) atoms. The molecule has 6 atom stereocenters. The van der Waals surface area contributed by atoms with Gasteiger partial charge in [-0.15, -0.1) is 0 Å². The van der Waals surface area contributed by atoms with Crippen LogP contribution in [0.2, 0.25) is 0 Å². The Balaban J connectivity index is 1.68. The van der Waals surface area contributed by atoms with Crippen molar-refractivity contribution in [1.82, 2.24) is 14.7 Å². The second kappa shape index (κ2) is 9.16. The lowest BCUT2D eigenvalue weighted by Crippen LogP contribution is -2.57. The van der Waals surface area contributed by atoms with E-state index in [9.17, 15) is 19.5 Å². The monoisotopic (exact) mass is 493 g/mol. The van der Waals surface area contributed by atoms with Crippen molar-refractivity contribution in [2.45, 2.75) is 50.0 Å². The van der Waals surface area contributed by atoms with Gasteiger partial charge in [0.1, 0.15) is 11.6 Å². The van der Waals surface area contributed by atoms with Crippen LogP contribution in [0, 0.1) is 11.8 Å². The molecule has 5 rings (SSSR count). The summed E-state index contributed by atoms with van der Waals surface area (Å²) >= 11 is 0. The highest BCUT2D eigenvalue weighted by Crippen LogP contribution is 2.58. The highest BCUT2D eigenvalue weighted by molar-refractivity contribution is 6.00. The standard InChI is InChI=1S/C28H35N3O5/c1-4-5-16-30-17-10-14-28-22(21-24(33)29(3)15-9-13-27(21,2)36-28)25(34)31(23(28)26(30)35)20(18-32)19-11-7-6-8-12-19/h6-14,20-23,32H,4-5,15-18H2,1-3H3/t20-,21-,22+,23?,27+,28+/m1/s1. The molecule has 1 N–H and O–H groups in total. The van der Waals surface area contributed by atoms with Crippen LogP contribution in [-0.2, 0) is 19.1 Å². The maximum absolute atomic E-state index is 14.4. The van der Waals surface area contributed by atoms with E-state index in [4.69, 9.17) is 4.74 Å². The van der Waals surface area contributed by atoms with E-state index in [0.717, 1.165) is 18.4 Å². The highest BCUT2D eigenvalue weighted by atomic mass is 16.5.